The van der Waals surface area contributed by atoms with Crippen molar-refractivity contribution in [2.24, 2.45) is 0 Å². The first-order valence-electron chi connectivity index (χ1n) is 6.63. The molecule has 0 spiro atoms. The van der Waals surface area contributed by atoms with E-state index in [0.29, 0.717) is 22.9 Å². The van der Waals surface area contributed by atoms with Gasteiger partial charge in [-0.2, -0.15) is 0 Å². The van der Waals surface area contributed by atoms with Crippen LogP contribution in [0.3, 0.4) is 0 Å². The van der Waals surface area contributed by atoms with Crippen LogP contribution in [-0.4, -0.2) is 26.7 Å². The van der Waals surface area contributed by atoms with Crippen LogP contribution in [0.1, 0.15) is 0 Å². The summed E-state index contributed by atoms with van der Waals surface area (Å²) in [6.07, 6.45) is 0. The van der Waals surface area contributed by atoms with Gasteiger partial charge in [-0.05, 0) is 30.3 Å². The van der Waals surface area contributed by atoms with E-state index in [1.165, 1.54) is 18.2 Å². The summed E-state index contributed by atoms with van der Waals surface area (Å²) in [4.78, 5) is 11.9. The minimum absolute atomic E-state index is 0.0139. The molecule has 116 valence electrons. The van der Waals surface area contributed by atoms with Gasteiger partial charge in [0.25, 0.3) is 0 Å². The van der Waals surface area contributed by atoms with Gasteiger partial charge in [-0.3, -0.25) is 4.79 Å². The van der Waals surface area contributed by atoms with Gasteiger partial charge in [0.05, 0.1) is 26.5 Å². The number of carbonyl (C=O) groups excluding carboxylic acids is 1. The maximum absolute atomic E-state index is 13.1. The number of benzene rings is 2. The first-order valence-corrected chi connectivity index (χ1v) is 6.63. The quantitative estimate of drug-likeness (QED) is 0.861. The lowest BCUT2D eigenvalue weighted by atomic mass is 10.2. The van der Waals surface area contributed by atoms with Crippen LogP contribution < -0.4 is 20.1 Å². The van der Waals surface area contributed by atoms with Crippen LogP contribution in [0.4, 0.5) is 15.8 Å². The molecular weight excluding hydrogens is 287 g/mol. The zero-order valence-corrected chi connectivity index (χ0v) is 12.4. The monoisotopic (exact) mass is 304 g/mol. The maximum atomic E-state index is 13.1. The third-order valence-corrected chi connectivity index (χ3v) is 2.95. The Morgan fingerprint density at radius 1 is 1.14 bits per heavy atom. The van der Waals surface area contributed by atoms with Crippen LogP contribution in [0.5, 0.6) is 11.5 Å². The Balaban J connectivity index is 1.98. The average Bonchev–Trinajstić information content (AvgIpc) is 2.52. The van der Waals surface area contributed by atoms with E-state index in [9.17, 15) is 9.18 Å². The first kappa shape index (κ1) is 15.6. The SMILES string of the molecule is COc1ccc(OC)c(NCC(=O)Nc2cccc(F)c2)c1. The molecule has 0 saturated heterocycles. The molecule has 0 aliphatic heterocycles. The van der Waals surface area contributed by atoms with E-state index in [2.05, 4.69) is 10.6 Å². The van der Waals surface area contributed by atoms with Crippen molar-refractivity contribution < 1.29 is 18.7 Å². The fraction of sp³-hybridized carbons (Fsp3) is 0.188. The number of anilines is 2. The second-order valence-corrected chi connectivity index (χ2v) is 4.48. The highest BCUT2D eigenvalue weighted by atomic mass is 19.1. The fourth-order valence-corrected chi connectivity index (χ4v) is 1.90. The summed E-state index contributed by atoms with van der Waals surface area (Å²) >= 11 is 0. The molecule has 22 heavy (non-hydrogen) atoms. The standard InChI is InChI=1S/C16H17FN2O3/c1-21-13-6-7-15(22-2)14(9-13)18-10-16(20)19-12-5-3-4-11(17)8-12/h3-9,18H,10H2,1-2H3,(H,19,20). The Morgan fingerprint density at radius 3 is 2.64 bits per heavy atom. The van der Waals surface area contributed by atoms with E-state index >= 15 is 0 Å². The molecule has 2 N–H and O–H groups in total. The Hall–Kier alpha value is -2.76. The van der Waals surface area contributed by atoms with Gasteiger partial charge in [-0.25, -0.2) is 4.39 Å². The molecule has 0 aliphatic carbocycles. The molecule has 0 bridgehead atoms. The molecule has 2 aromatic rings. The van der Waals surface area contributed by atoms with E-state index in [0.717, 1.165) is 0 Å². The normalized spacial score (nSPS) is 9.95. The summed E-state index contributed by atoms with van der Waals surface area (Å²) in [5.74, 6) is 0.545. The minimum Gasteiger partial charge on any atom is -0.497 e. The number of nitrogens with one attached hydrogen (secondary N) is 2. The largest absolute Gasteiger partial charge is 0.497 e. The molecular formula is C16H17FN2O3. The number of methoxy groups -OCH3 is 2. The van der Waals surface area contributed by atoms with Crippen molar-refractivity contribution in [2.45, 2.75) is 0 Å². The number of hydrogen-bond acceptors (Lipinski definition) is 4. The van der Waals surface area contributed by atoms with E-state index in [1.807, 2.05) is 0 Å². The highest BCUT2D eigenvalue weighted by Gasteiger charge is 2.08. The summed E-state index contributed by atoms with van der Waals surface area (Å²) in [5, 5.41) is 5.57. The predicted octanol–water partition coefficient (Wildman–Crippen LogP) is 2.89. The van der Waals surface area contributed by atoms with E-state index < -0.39 is 5.82 Å². The third kappa shape index (κ3) is 4.12. The molecule has 2 aromatic carbocycles. The van der Waals surface area contributed by atoms with Crippen LogP contribution in [0.2, 0.25) is 0 Å². The van der Waals surface area contributed by atoms with Crippen molar-refractivity contribution >= 4 is 17.3 Å². The molecule has 0 fully saturated rings. The van der Waals surface area contributed by atoms with Gasteiger partial charge in [0.15, 0.2) is 0 Å². The van der Waals surface area contributed by atoms with Crippen molar-refractivity contribution in [1.29, 1.82) is 0 Å². The number of carbonyl (C=O) groups is 1. The summed E-state index contributed by atoms with van der Waals surface area (Å²) < 4.78 is 23.4. The smallest absolute Gasteiger partial charge is 0.243 e. The van der Waals surface area contributed by atoms with Gasteiger partial charge in [-0.1, -0.05) is 6.07 Å². The Kier molecular flexibility index (Phi) is 5.19. The summed E-state index contributed by atoms with van der Waals surface area (Å²) in [7, 11) is 3.10. The second-order valence-electron chi connectivity index (χ2n) is 4.48. The second kappa shape index (κ2) is 7.31. The molecule has 0 atom stereocenters. The van der Waals surface area contributed by atoms with Crippen LogP contribution in [-0.2, 0) is 4.79 Å². The molecule has 0 aromatic heterocycles. The van der Waals surface area contributed by atoms with Gasteiger partial charge in [0, 0.05) is 11.8 Å². The zero-order chi connectivity index (χ0) is 15.9. The molecule has 0 radical (unpaired) electrons. The van der Waals surface area contributed by atoms with Crippen LogP contribution >= 0.6 is 0 Å². The van der Waals surface area contributed by atoms with Crippen molar-refractivity contribution in [3.63, 3.8) is 0 Å². The van der Waals surface area contributed by atoms with E-state index in [4.69, 9.17) is 9.47 Å². The minimum atomic E-state index is -0.403. The van der Waals surface area contributed by atoms with Gasteiger partial charge in [-0.15, -0.1) is 0 Å². The highest BCUT2D eigenvalue weighted by Crippen LogP contribution is 2.28. The molecule has 0 unspecified atom stereocenters. The van der Waals surface area contributed by atoms with Crippen molar-refractivity contribution in [3.8, 4) is 11.5 Å². The maximum Gasteiger partial charge on any atom is 0.243 e. The van der Waals surface area contributed by atoms with Gasteiger partial charge >= 0.3 is 0 Å². The molecule has 5 nitrogen and oxygen atoms in total. The predicted molar refractivity (Wildman–Crippen MR) is 83.1 cm³/mol. The van der Waals surface area contributed by atoms with Gasteiger partial charge < -0.3 is 20.1 Å². The van der Waals surface area contributed by atoms with Gasteiger partial charge in [0.2, 0.25) is 5.91 Å². The summed E-state index contributed by atoms with van der Waals surface area (Å²) in [5.41, 5.74) is 1.04. The van der Waals surface area contributed by atoms with E-state index in [-0.39, 0.29) is 12.5 Å². The Bertz CT molecular complexity index is 662. The number of rotatable bonds is 6. The van der Waals surface area contributed by atoms with Crippen molar-refractivity contribution in [1.82, 2.24) is 0 Å². The molecule has 2 rings (SSSR count). The van der Waals surface area contributed by atoms with Crippen molar-refractivity contribution in [3.05, 3.63) is 48.3 Å². The topological polar surface area (TPSA) is 59.6 Å². The number of halogens is 1. The first-order chi connectivity index (χ1) is 10.6. The molecule has 1 amide bonds. The third-order valence-electron chi connectivity index (χ3n) is 2.95. The zero-order valence-electron chi connectivity index (χ0n) is 12.4. The number of amides is 1. The van der Waals surface area contributed by atoms with Gasteiger partial charge in [0.1, 0.15) is 17.3 Å². The van der Waals surface area contributed by atoms with Crippen molar-refractivity contribution in [2.75, 3.05) is 31.4 Å². The lowest BCUT2D eigenvalue weighted by Gasteiger charge is -2.12. The lowest BCUT2D eigenvalue weighted by molar-refractivity contribution is -0.114. The highest BCUT2D eigenvalue weighted by molar-refractivity contribution is 5.93. The average molecular weight is 304 g/mol. The van der Waals surface area contributed by atoms with Crippen LogP contribution in [0.25, 0.3) is 0 Å². The Morgan fingerprint density at radius 2 is 1.95 bits per heavy atom. The Labute approximate surface area is 128 Å². The molecule has 6 heteroatoms. The number of hydrogen-bond donors (Lipinski definition) is 2. The van der Waals surface area contributed by atoms with E-state index in [1.54, 1.807) is 38.5 Å². The molecule has 0 saturated carbocycles. The summed E-state index contributed by atoms with van der Waals surface area (Å²) in [6, 6.07) is 11.0. The molecule has 0 aliphatic rings. The number of ether oxygens (including phenoxy) is 2. The van der Waals surface area contributed by atoms with Crippen LogP contribution in [0.15, 0.2) is 42.5 Å². The summed E-state index contributed by atoms with van der Waals surface area (Å²) in [6.45, 7) is 0.0139. The fourth-order valence-electron chi connectivity index (χ4n) is 1.90. The van der Waals surface area contributed by atoms with Crippen LogP contribution in [0, 0.1) is 5.82 Å². The molecule has 0 heterocycles. The lowest BCUT2D eigenvalue weighted by Crippen LogP contribution is -2.22.